The summed E-state index contributed by atoms with van der Waals surface area (Å²) in [4.78, 5) is 0. The number of rotatable bonds is 3. The topological polar surface area (TPSA) is 12.0 Å². The summed E-state index contributed by atoms with van der Waals surface area (Å²) in [6, 6.07) is 6.87. The summed E-state index contributed by atoms with van der Waals surface area (Å²) < 4.78 is 41.5. The summed E-state index contributed by atoms with van der Waals surface area (Å²) in [7, 11) is 0. The molecule has 2 rings (SSSR count). The Balaban J connectivity index is 2.27. The monoisotopic (exact) mass is 393 g/mol. The highest BCUT2D eigenvalue weighted by Gasteiger charge is 2.13. The normalized spacial score (nSPS) is 10.6. The van der Waals surface area contributed by atoms with E-state index in [0.29, 0.717) is 4.47 Å². The van der Waals surface area contributed by atoms with Crippen LogP contribution in [0.4, 0.5) is 18.9 Å². The van der Waals surface area contributed by atoms with Crippen molar-refractivity contribution in [3.8, 4) is 0 Å². The average molecular weight is 395 g/mol. The minimum absolute atomic E-state index is 0.149. The van der Waals surface area contributed by atoms with E-state index in [4.69, 9.17) is 0 Å². The fraction of sp³-hybridized carbons (Fsp3) is 0.0769. The van der Waals surface area contributed by atoms with E-state index in [1.807, 2.05) is 0 Å². The molecule has 19 heavy (non-hydrogen) atoms. The number of para-hydroxylation sites is 1. The maximum absolute atomic E-state index is 13.7. The molecule has 0 atom stereocenters. The lowest BCUT2D eigenvalue weighted by Gasteiger charge is -2.11. The molecule has 0 aliphatic rings. The van der Waals surface area contributed by atoms with Crippen molar-refractivity contribution in [1.29, 1.82) is 0 Å². The SMILES string of the molecule is Fc1ccc(Br)c(F)c1CNc1c(F)cccc1Br. The predicted molar refractivity (Wildman–Crippen MR) is 75.5 cm³/mol. The molecule has 0 heterocycles. The number of hydrogen-bond acceptors (Lipinski definition) is 1. The number of anilines is 1. The van der Waals surface area contributed by atoms with Gasteiger partial charge in [-0.05, 0) is 56.1 Å². The highest BCUT2D eigenvalue weighted by atomic mass is 79.9. The van der Waals surface area contributed by atoms with Gasteiger partial charge in [-0.1, -0.05) is 6.07 Å². The summed E-state index contributed by atoms with van der Waals surface area (Å²) in [6.45, 7) is -0.156. The second-order valence-corrected chi connectivity index (χ2v) is 5.48. The standard InChI is InChI=1S/C13H8Br2F3N/c14-8-4-5-10(16)7(12(8)18)6-19-13-9(15)2-1-3-11(13)17/h1-5,19H,6H2. The first-order chi connectivity index (χ1) is 9.00. The Morgan fingerprint density at radius 1 is 0.895 bits per heavy atom. The van der Waals surface area contributed by atoms with E-state index >= 15 is 0 Å². The summed E-state index contributed by atoms with van der Waals surface area (Å²) in [5, 5.41) is 2.68. The van der Waals surface area contributed by atoms with E-state index in [-0.39, 0.29) is 22.3 Å². The molecule has 0 spiro atoms. The smallest absolute Gasteiger partial charge is 0.147 e. The van der Waals surface area contributed by atoms with Crippen molar-refractivity contribution < 1.29 is 13.2 Å². The lowest BCUT2D eigenvalue weighted by molar-refractivity contribution is 0.555. The third kappa shape index (κ3) is 3.12. The molecule has 1 nitrogen and oxygen atoms in total. The van der Waals surface area contributed by atoms with E-state index in [0.717, 1.165) is 6.07 Å². The molecule has 0 bridgehead atoms. The largest absolute Gasteiger partial charge is 0.377 e. The maximum Gasteiger partial charge on any atom is 0.147 e. The zero-order valence-corrected chi connectivity index (χ0v) is 12.7. The first-order valence-corrected chi connectivity index (χ1v) is 6.89. The summed E-state index contributed by atoms with van der Waals surface area (Å²) >= 11 is 6.16. The van der Waals surface area contributed by atoms with E-state index in [9.17, 15) is 13.2 Å². The summed E-state index contributed by atoms with van der Waals surface area (Å²) in [6.07, 6.45) is 0. The fourth-order valence-corrected chi connectivity index (χ4v) is 2.43. The first kappa shape index (κ1) is 14.4. The molecular weight excluding hydrogens is 387 g/mol. The second-order valence-electron chi connectivity index (χ2n) is 3.77. The Morgan fingerprint density at radius 3 is 2.32 bits per heavy atom. The van der Waals surface area contributed by atoms with Gasteiger partial charge < -0.3 is 5.32 Å². The molecule has 0 amide bonds. The minimum atomic E-state index is -0.694. The Labute approximate surface area is 125 Å². The number of halogens is 5. The fourth-order valence-electron chi connectivity index (χ4n) is 1.57. The molecule has 0 saturated heterocycles. The third-order valence-electron chi connectivity index (χ3n) is 2.54. The Hall–Kier alpha value is -1.01. The molecule has 0 aliphatic heterocycles. The Bertz CT molecular complexity index is 597. The quantitative estimate of drug-likeness (QED) is 0.702. The molecule has 2 aromatic rings. The van der Waals surface area contributed by atoms with Gasteiger partial charge in [0, 0.05) is 16.6 Å². The second kappa shape index (κ2) is 5.96. The van der Waals surface area contributed by atoms with Gasteiger partial charge in [0.1, 0.15) is 17.5 Å². The van der Waals surface area contributed by atoms with Gasteiger partial charge in [0.15, 0.2) is 0 Å². The molecule has 2 aromatic carbocycles. The van der Waals surface area contributed by atoms with Crippen LogP contribution in [0.3, 0.4) is 0 Å². The average Bonchev–Trinajstić information content (AvgIpc) is 2.37. The van der Waals surface area contributed by atoms with Gasteiger partial charge in [0.05, 0.1) is 10.2 Å². The van der Waals surface area contributed by atoms with Crippen LogP contribution in [-0.2, 0) is 6.54 Å². The number of nitrogens with one attached hydrogen (secondary N) is 1. The zero-order valence-electron chi connectivity index (χ0n) is 9.48. The van der Waals surface area contributed by atoms with Crippen molar-refractivity contribution in [1.82, 2.24) is 0 Å². The van der Waals surface area contributed by atoms with Gasteiger partial charge >= 0.3 is 0 Å². The van der Waals surface area contributed by atoms with Crippen molar-refractivity contribution in [2.45, 2.75) is 6.54 Å². The van der Waals surface area contributed by atoms with Crippen LogP contribution < -0.4 is 5.32 Å². The van der Waals surface area contributed by atoms with Gasteiger partial charge in [-0.15, -0.1) is 0 Å². The molecular formula is C13H8Br2F3N. The van der Waals surface area contributed by atoms with Gasteiger partial charge in [-0.25, -0.2) is 13.2 Å². The van der Waals surface area contributed by atoms with Crippen LogP contribution >= 0.6 is 31.9 Å². The molecule has 0 aliphatic carbocycles. The van der Waals surface area contributed by atoms with E-state index in [1.165, 1.54) is 18.2 Å². The third-order valence-corrected chi connectivity index (χ3v) is 3.82. The van der Waals surface area contributed by atoms with E-state index in [1.54, 1.807) is 6.07 Å². The van der Waals surface area contributed by atoms with E-state index < -0.39 is 17.5 Å². The van der Waals surface area contributed by atoms with Gasteiger partial charge in [-0.2, -0.15) is 0 Å². The predicted octanol–water partition coefficient (Wildman–Crippen LogP) is 5.24. The lowest BCUT2D eigenvalue weighted by Crippen LogP contribution is -2.07. The molecule has 0 saturated carbocycles. The summed E-state index contributed by atoms with van der Waals surface area (Å²) in [5.74, 6) is -1.87. The van der Waals surface area contributed by atoms with Gasteiger partial charge in [0.2, 0.25) is 0 Å². The highest BCUT2D eigenvalue weighted by molar-refractivity contribution is 9.10. The maximum atomic E-state index is 13.7. The number of hydrogen-bond donors (Lipinski definition) is 1. The van der Waals surface area contributed by atoms with Crippen LogP contribution in [0.15, 0.2) is 39.3 Å². The van der Waals surface area contributed by atoms with Crippen molar-refractivity contribution in [3.05, 3.63) is 62.3 Å². The van der Waals surface area contributed by atoms with Crippen molar-refractivity contribution in [2.24, 2.45) is 0 Å². The van der Waals surface area contributed by atoms with Crippen LogP contribution in [0.25, 0.3) is 0 Å². The van der Waals surface area contributed by atoms with E-state index in [2.05, 4.69) is 37.2 Å². The van der Waals surface area contributed by atoms with Gasteiger partial charge in [-0.3, -0.25) is 0 Å². The molecule has 0 aromatic heterocycles. The molecule has 6 heteroatoms. The van der Waals surface area contributed by atoms with Crippen molar-refractivity contribution >= 4 is 37.5 Å². The van der Waals surface area contributed by atoms with Crippen LogP contribution in [0, 0.1) is 17.5 Å². The molecule has 1 N–H and O–H groups in total. The van der Waals surface area contributed by atoms with Crippen molar-refractivity contribution in [3.63, 3.8) is 0 Å². The van der Waals surface area contributed by atoms with Gasteiger partial charge in [0.25, 0.3) is 0 Å². The van der Waals surface area contributed by atoms with Crippen LogP contribution in [-0.4, -0.2) is 0 Å². The molecule has 100 valence electrons. The molecule has 0 radical (unpaired) electrons. The molecule has 0 fully saturated rings. The zero-order chi connectivity index (χ0) is 14.0. The lowest BCUT2D eigenvalue weighted by atomic mass is 10.2. The van der Waals surface area contributed by atoms with Crippen LogP contribution in [0.1, 0.15) is 5.56 Å². The Morgan fingerprint density at radius 2 is 1.63 bits per heavy atom. The first-order valence-electron chi connectivity index (χ1n) is 5.31. The molecule has 0 unspecified atom stereocenters. The van der Waals surface area contributed by atoms with Crippen molar-refractivity contribution in [2.75, 3.05) is 5.32 Å². The highest BCUT2D eigenvalue weighted by Crippen LogP contribution is 2.27. The number of benzene rings is 2. The van der Waals surface area contributed by atoms with Crippen LogP contribution in [0.2, 0.25) is 0 Å². The Kier molecular flexibility index (Phi) is 4.52. The minimum Gasteiger partial charge on any atom is -0.377 e. The summed E-state index contributed by atoms with van der Waals surface area (Å²) in [5.41, 5.74) is 0.0193. The van der Waals surface area contributed by atoms with Crippen LogP contribution in [0.5, 0.6) is 0 Å².